The predicted octanol–water partition coefficient (Wildman–Crippen LogP) is 4.58. The first-order chi connectivity index (χ1) is 12.3. The third-order valence-corrected chi connectivity index (χ3v) is 6.45. The van der Waals surface area contributed by atoms with Gasteiger partial charge in [0.05, 0.1) is 29.5 Å². The Hall–Kier alpha value is -1.51. The van der Waals surface area contributed by atoms with Gasteiger partial charge < -0.3 is 10.0 Å². The molecule has 2 fully saturated rings. The van der Waals surface area contributed by atoms with Crippen molar-refractivity contribution < 1.29 is 5.11 Å². The Morgan fingerprint density at radius 1 is 1.31 bits per heavy atom. The number of thioether (sulfide) groups is 1. The van der Waals surface area contributed by atoms with E-state index in [1.54, 1.807) is 11.8 Å². The maximum atomic E-state index is 10.3. The smallest absolute Gasteiger partial charge is 0.165 e. The lowest BCUT2D eigenvalue weighted by Gasteiger charge is -2.33. The molecule has 0 amide bonds. The molecule has 1 aromatic carbocycles. The average molecular weight is 372 g/mol. The van der Waals surface area contributed by atoms with E-state index in [0.717, 1.165) is 22.2 Å². The zero-order valence-corrected chi connectivity index (χ0v) is 17.0. The molecule has 2 aliphatic rings. The van der Waals surface area contributed by atoms with Gasteiger partial charge in [-0.05, 0) is 48.9 Å². The third-order valence-electron chi connectivity index (χ3n) is 5.39. The normalized spacial score (nSPS) is 24.2. The standard InChI is InChI=1S/C21H29N3OS/c1-14(25)19-13-26-20(24(19)16-7-5-6-8-16)23-18-10-9-15(12-22)11-17(18)21(2,3)4/h9-11,14,16,19,25H,5-8,13H2,1-4H3/b23-20-/t14-,19+/m1/s1. The van der Waals surface area contributed by atoms with Crippen molar-refractivity contribution >= 4 is 22.6 Å². The highest BCUT2D eigenvalue weighted by Gasteiger charge is 2.39. The van der Waals surface area contributed by atoms with Gasteiger partial charge in [-0.3, -0.25) is 0 Å². The first-order valence-electron chi connectivity index (χ1n) is 9.54. The lowest BCUT2D eigenvalue weighted by atomic mass is 9.85. The van der Waals surface area contributed by atoms with Crippen LogP contribution in [0.3, 0.4) is 0 Å². The van der Waals surface area contributed by atoms with Crippen molar-refractivity contribution in [1.82, 2.24) is 4.90 Å². The molecule has 1 aromatic rings. The second kappa shape index (κ2) is 7.62. The summed E-state index contributed by atoms with van der Waals surface area (Å²) in [4.78, 5) is 7.43. The van der Waals surface area contributed by atoms with E-state index < -0.39 is 0 Å². The van der Waals surface area contributed by atoms with Crippen LogP contribution in [0, 0.1) is 11.3 Å². The first kappa shape index (κ1) is 19.3. The second-order valence-corrected chi connectivity index (χ2v) is 9.44. The van der Waals surface area contributed by atoms with E-state index in [4.69, 9.17) is 4.99 Å². The summed E-state index contributed by atoms with van der Waals surface area (Å²) in [5, 5.41) is 20.6. The molecule has 2 atom stereocenters. The summed E-state index contributed by atoms with van der Waals surface area (Å²) in [7, 11) is 0. The fourth-order valence-corrected chi connectivity index (χ4v) is 5.29. The highest BCUT2D eigenvalue weighted by Crippen LogP contribution is 2.38. The van der Waals surface area contributed by atoms with Crippen molar-refractivity contribution in [3.63, 3.8) is 0 Å². The molecular formula is C21H29N3OS. The summed E-state index contributed by atoms with van der Waals surface area (Å²) in [6, 6.07) is 8.64. The molecule has 5 heteroatoms. The Kier molecular flexibility index (Phi) is 5.64. The molecule has 1 saturated heterocycles. The number of amidine groups is 1. The van der Waals surface area contributed by atoms with Crippen LogP contribution in [0.25, 0.3) is 0 Å². The van der Waals surface area contributed by atoms with Crippen LogP contribution in [-0.4, -0.2) is 39.1 Å². The van der Waals surface area contributed by atoms with Gasteiger partial charge in [-0.1, -0.05) is 45.4 Å². The lowest BCUT2D eigenvalue weighted by molar-refractivity contribution is 0.0976. The van der Waals surface area contributed by atoms with Crippen LogP contribution in [0.4, 0.5) is 5.69 Å². The van der Waals surface area contributed by atoms with E-state index in [1.807, 2.05) is 25.1 Å². The lowest BCUT2D eigenvalue weighted by Crippen LogP contribution is -2.46. The predicted molar refractivity (Wildman–Crippen MR) is 109 cm³/mol. The summed E-state index contributed by atoms with van der Waals surface area (Å²) < 4.78 is 0. The van der Waals surface area contributed by atoms with Gasteiger partial charge in [0.2, 0.25) is 0 Å². The summed E-state index contributed by atoms with van der Waals surface area (Å²) in [5.74, 6) is 0.883. The number of nitriles is 1. The molecular weight excluding hydrogens is 342 g/mol. The van der Waals surface area contributed by atoms with Gasteiger partial charge >= 0.3 is 0 Å². The third kappa shape index (κ3) is 3.92. The molecule has 0 bridgehead atoms. The molecule has 4 nitrogen and oxygen atoms in total. The van der Waals surface area contributed by atoms with Crippen LogP contribution in [0.15, 0.2) is 23.2 Å². The Balaban J connectivity index is 2.01. The number of nitrogens with zero attached hydrogens (tertiary/aromatic N) is 3. The number of benzene rings is 1. The largest absolute Gasteiger partial charge is 0.391 e. The van der Waals surface area contributed by atoms with Crippen LogP contribution in [0.1, 0.15) is 64.5 Å². The van der Waals surface area contributed by atoms with Crippen molar-refractivity contribution in [1.29, 1.82) is 5.26 Å². The minimum absolute atomic E-state index is 0.0859. The van der Waals surface area contributed by atoms with Gasteiger partial charge in [-0.2, -0.15) is 5.26 Å². The van der Waals surface area contributed by atoms with Crippen LogP contribution >= 0.6 is 11.8 Å². The highest BCUT2D eigenvalue weighted by molar-refractivity contribution is 8.14. The van der Waals surface area contributed by atoms with Gasteiger partial charge in [-0.25, -0.2) is 4.99 Å². The highest BCUT2D eigenvalue weighted by atomic mass is 32.2. The fourth-order valence-electron chi connectivity index (χ4n) is 3.93. The minimum Gasteiger partial charge on any atom is -0.391 e. The Morgan fingerprint density at radius 3 is 2.58 bits per heavy atom. The van der Waals surface area contributed by atoms with E-state index in [1.165, 1.54) is 25.7 Å². The molecule has 3 rings (SSSR count). The molecule has 1 saturated carbocycles. The zero-order chi connectivity index (χ0) is 18.9. The van der Waals surface area contributed by atoms with Gasteiger partial charge in [-0.15, -0.1) is 0 Å². The maximum Gasteiger partial charge on any atom is 0.165 e. The molecule has 26 heavy (non-hydrogen) atoms. The van der Waals surface area contributed by atoms with Crippen LogP contribution in [0.5, 0.6) is 0 Å². The van der Waals surface area contributed by atoms with Crippen LogP contribution < -0.4 is 0 Å². The molecule has 0 aromatic heterocycles. The molecule has 140 valence electrons. The molecule has 0 unspecified atom stereocenters. The zero-order valence-electron chi connectivity index (χ0n) is 16.2. The quantitative estimate of drug-likeness (QED) is 0.844. The van der Waals surface area contributed by atoms with Crippen molar-refractivity contribution in [3.8, 4) is 6.07 Å². The van der Waals surface area contributed by atoms with Crippen LogP contribution in [0.2, 0.25) is 0 Å². The van der Waals surface area contributed by atoms with Gasteiger partial charge in [0.25, 0.3) is 0 Å². The molecule has 1 aliphatic carbocycles. The monoisotopic (exact) mass is 371 g/mol. The van der Waals surface area contributed by atoms with Gasteiger partial charge in [0, 0.05) is 11.8 Å². The van der Waals surface area contributed by atoms with Crippen molar-refractivity contribution in [2.24, 2.45) is 4.99 Å². The van der Waals surface area contributed by atoms with E-state index in [2.05, 4.69) is 31.7 Å². The second-order valence-electron chi connectivity index (χ2n) is 8.45. The number of rotatable bonds is 3. The molecule has 1 N–H and O–H groups in total. The molecule has 1 aliphatic heterocycles. The summed E-state index contributed by atoms with van der Waals surface area (Å²) in [6.07, 6.45) is 4.52. The number of aliphatic hydroxyl groups is 1. The number of hydrogen-bond donors (Lipinski definition) is 1. The fraction of sp³-hybridized carbons (Fsp3) is 0.619. The Bertz CT molecular complexity index is 724. The summed E-state index contributed by atoms with van der Waals surface area (Å²) >= 11 is 1.75. The van der Waals surface area contributed by atoms with E-state index in [-0.39, 0.29) is 17.6 Å². The SMILES string of the molecule is C[C@@H](O)[C@@H]1CS/C(=N\c2ccc(C#N)cc2C(C)(C)C)N1C1CCCC1. The van der Waals surface area contributed by atoms with Crippen molar-refractivity contribution in [3.05, 3.63) is 29.3 Å². The van der Waals surface area contributed by atoms with E-state index >= 15 is 0 Å². The molecule has 1 heterocycles. The number of aliphatic imine (C=N–C) groups is 1. The Morgan fingerprint density at radius 2 is 2.00 bits per heavy atom. The molecule has 0 radical (unpaired) electrons. The van der Waals surface area contributed by atoms with E-state index in [9.17, 15) is 10.4 Å². The molecule has 0 spiro atoms. The number of hydrogen-bond acceptors (Lipinski definition) is 4. The topological polar surface area (TPSA) is 59.6 Å². The van der Waals surface area contributed by atoms with E-state index in [0.29, 0.717) is 11.6 Å². The summed E-state index contributed by atoms with van der Waals surface area (Å²) in [6.45, 7) is 8.35. The van der Waals surface area contributed by atoms with Gasteiger partial charge in [0.1, 0.15) is 0 Å². The van der Waals surface area contributed by atoms with Crippen molar-refractivity contribution in [2.75, 3.05) is 5.75 Å². The summed E-state index contributed by atoms with van der Waals surface area (Å²) in [5.41, 5.74) is 2.62. The maximum absolute atomic E-state index is 10.3. The van der Waals surface area contributed by atoms with Crippen molar-refractivity contribution in [2.45, 2.75) is 77.0 Å². The average Bonchev–Trinajstić information content (AvgIpc) is 3.23. The first-order valence-corrected chi connectivity index (χ1v) is 10.5. The van der Waals surface area contributed by atoms with Gasteiger partial charge in [0.15, 0.2) is 5.17 Å². The van der Waals surface area contributed by atoms with Crippen LogP contribution in [-0.2, 0) is 5.41 Å². The number of aliphatic hydroxyl groups excluding tert-OH is 1. The minimum atomic E-state index is -0.362. The Labute approximate surface area is 161 Å².